The van der Waals surface area contributed by atoms with Crippen LogP contribution in [0.4, 0.5) is 0 Å². The van der Waals surface area contributed by atoms with Gasteiger partial charge in [-0.1, -0.05) is 18.2 Å². The van der Waals surface area contributed by atoms with Gasteiger partial charge in [-0.2, -0.15) is 10.4 Å². The normalized spacial score (nSPS) is 17.1. The van der Waals surface area contributed by atoms with E-state index in [0.717, 1.165) is 36.8 Å². The van der Waals surface area contributed by atoms with Crippen molar-refractivity contribution in [3.05, 3.63) is 54.5 Å². The Kier molecular flexibility index (Phi) is 3.98. The molecule has 1 aliphatic rings. The molecular formula is C19H19N5O. The highest BCUT2D eigenvalue weighted by molar-refractivity contribution is 6.07. The maximum absolute atomic E-state index is 13.2. The summed E-state index contributed by atoms with van der Waals surface area (Å²) in [6, 6.07) is 12.0. The predicted molar refractivity (Wildman–Crippen MR) is 93.8 cm³/mol. The van der Waals surface area contributed by atoms with E-state index in [-0.39, 0.29) is 18.5 Å². The van der Waals surface area contributed by atoms with Crippen molar-refractivity contribution in [2.24, 2.45) is 0 Å². The molecule has 4 rings (SSSR count). The maximum atomic E-state index is 13.2. The van der Waals surface area contributed by atoms with Crippen molar-refractivity contribution in [3.8, 4) is 6.07 Å². The lowest BCUT2D eigenvalue weighted by Crippen LogP contribution is -2.38. The van der Waals surface area contributed by atoms with E-state index in [9.17, 15) is 4.79 Å². The second-order valence-electron chi connectivity index (χ2n) is 6.37. The highest BCUT2D eigenvalue weighted by atomic mass is 16.2. The molecule has 6 heteroatoms. The van der Waals surface area contributed by atoms with E-state index in [1.165, 1.54) is 0 Å². The maximum Gasteiger partial charge on any atom is 0.256 e. The Bertz CT molecular complexity index is 935. The first-order chi connectivity index (χ1) is 12.3. The number of amides is 1. The first-order valence-corrected chi connectivity index (χ1v) is 8.51. The van der Waals surface area contributed by atoms with Gasteiger partial charge in [-0.25, -0.2) is 0 Å². The quantitative estimate of drug-likeness (QED) is 0.737. The number of rotatable bonds is 4. The second-order valence-corrected chi connectivity index (χ2v) is 6.37. The molecule has 1 fully saturated rings. The van der Waals surface area contributed by atoms with E-state index < -0.39 is 0 Å². The topological polar surface area (TPSA) is 66.8 Å². The summed E-state index contributed by atoms with van der Waals surface area (Å²) in [5.41, 5.74) is 1.61. The first-order valence-electron chi connectivity index (χ1n) is 8.51. The monoisotopic (exact) mass is 333 g/mol. The number of nitrogens with zero attached hydrogens (tertiary/aromatic N) is 5. The third-order valence-corrected chi connectivity index (χ3v) is 4.86. The number of likely N-dealkylation sites (tertiary alicyclic amines) is 1. The predicted octanol–water partition coefficient (Wildman–Crippen LogP) is 2.67. The van der Waals surface area contributed by atoms with Gasteiger partial charge in [-0.3, -0.25) is 9.48 Å². The van der Waals surface area contributed by atoms with Gasteiger partial charge in [0.2, 0.25) is 0 Å². The SMILES string of the molecule is N#CCn1cc(C(=O)N2CCC[C@@H]2Cn2cccn2)c2ccccc21. The molecule has 0 bridgehead atoms. The minimum absolute atomic E-state index is 0.0440. The number of fused-ring (bicyclic) bond motifs is 1. The van der Waals surface area contributed by atoms with Crippen LogP contribution >= 0.6 is 0 Å². The molecule has 0 aliphatic carbocycles. The van der Waals surface area contributed by atoms with Crippen molar-refractivity contribution in [2.75, 3.05) is 6.54 Å². The number of aromatic nitrogens is 3. The number of para-hydroxylation sites is 1. The summed E-state index contributed by atoms with van der Waals surface area (Å²) >= 11 is 0. The second kappa shape index (κ2) is 6.44. The zero-order valence-electron chi connectivity index (χ0n) is 13.9. The summed E-state index contributed by atoms with van der Waals surface area (Å²) < 4.78 is 3.73. The fourth-order valence-electron chi connectivity index (χ4n) is 3.70. The van der Waals surface area contributed by atoms with E-state index in [2.05, 4.69) is 11.2 Å². The van der Waals surface area contributed by atoms with Crippen LogP contribution in [0.15, 0.2) is 48.9 Å². The molecule has 6 nitrogen and oxygen atoms in total. The Hall–Kier alpha value is -3.07. The Balaban J connectivity index is 1.66. The van der Waals surface area contributed by atoms with Gasteiger partial charge in [0.15, 0.2) is 0 Å². The molecule has 0 unspecified atom stereocenters. The average molecular weight is 333 g/mol. The summed E-state index contributed by atoms with van der Waals surface area (Å²) in [5, 5.41) is 14.2. The number of hydrogen-bond acceptors (Lipinski definition) is 3. The van der Waals surface area contributed by atoms with Crippen LogP contribution in [0.3, 0.4) is 0 Å². The lowest BCUT2D eigenvalue weighted by Gasteiger charge is -2.24. The molecule has 0 saturated carbocycles. The zero-order chi connectivity index (χ0) is 17.2. The van der Waals surface area contributed by atoms with Crippen molar-refractivity contribution in [2.45, 2.75) is 32.0 Å². The number of carbonyl (C=O) groups is 1. The van der Waals surface area contributed by atoms with E-state index in [1.807, 2.05) is 56.9 Å². The van der Waals surface area contributed by atoms with E-state index in [4.69, 9.17) is 5.26 Å². The fraction of sp³-hybridized carbons (Fsp3) is 0.316. The molecule has 2 aromatic heterocycles. The molecule has 1 aromatic carbocycles. The lowest BCUT2D eigenvalue weighted by atomic mass is 10.1. The summed E-state index contributed by atoms with van der Waals surface area (Å²) in [6.45, 7) is 1.72. The van der Waals surface area contributed by atoms with Gasteiger partial charge in [0.05, 0.1) is 24.2 Å². The minimum Gasteiger partial charge on any atom is -0.334 e. The van der Waals surface area contributed by atoms with Gasteiger partial charge < -0.3 is 9.47 Å². The van der Waals surface area contributed by atoms with Crippen molar-refractivity contribution in [1.29, 1.82) is 5.26 Å². The largest absolute Gasteiger partial charge is 0.334 e. The average Bonchev–Trinajstić information content (AvgIpc) is 3.36. The molecule has 1 saturated heterocycles. The molecule has 126 valence electrons. The standard InChI is InChI=1S/C19H19N5O/c20-8-12-22-14-17(16-6-1-2-7-18(16)22)19(25)24-11-3-5-15(24)13-23-10-4-9-21-23/h1-2,4,6-7,9-10,14-15H,3,5,11-13H2/t15-/m1/s1. The van der Waals surface area contributed by atoms with Crippen LogP contribution in [0.25, 0.3) is 10.9 Å². The van der Waals surface area contributed by atoms with Gasteiger partial charge in [0.25, 0.3) is 5.91 Å². The smallest absolute Gasteiger partial charge is 0.256 e. The molecule has 1 amide bonds. The van der Waals surface area contributed by atoms with Gasteiger partial charge in [-0.15, -0.1) is 0 Å². The molecule has 0 radical (unpaired) electrons. The van der Waals surface area contributed by atoms with Crippen LogP contribution in [0.2, 0.25) is 0 Å². The third kappa shape index (κ3) is 2.78. The van der Waals surface area contributed by atoms with E-state index in [0.29, 0.717) is 5.56 Å². The molecule has 1 atom stereocenters. The summed E-state index contributed by atoms with van der Waals surface area (Å²) in [7, 11) is 0. The first kappa shape index (κ1) is 15.5. The fourth-order valence-corrected chi connectivity index (χ4v) is 3.70. The molecule has 3 aromatic rings. The van der Waals surface area contributed by atoms with Crippen LogP contribution < -0.4 is 0 Å². The Morgan fingerprint density at radius 2 is 2.20 bits per heavy atom. The summed E-state index contributed by atoms with van der Waals surface area (Å²) in [4.78, 5) is 15.2. The summed E-state index contributed by atoms with van der Waals surface area (Å²) in [6.07, 6.45) is 7.51. The molecule has 1 aliphatic heterocycles. The Morgan fingerprint density at radius 1 is 1.32 bits per heavy atom. The number of nitriles is 1. The Morgan fingerprint density at radius 3 is 3.00 bits per heavy atom. The molecule has 0 N–H and O–H groups in total. The number of carbonyl (C=O) groups excluding carboxylic acids is 1. The molecule has 0 spiro atoms. The molecule has 3 heterocycles. The van der Waals surface area contributed by atoms with Gasteiger partial charge in [-0.05, 0) is 25.0 Å². The molecule has 25 heavy (non-hydrogen) atoms. The molecular weight excluding hydrogens is 314 g/mol. The van der Waals surface area contributed by atoms with Gasteiger partial charge >= 0.3 is 0 Å². The highest BCUT2D eigenvalue weighted by Crippen LogP contribution is 2.27. The Labute approximate surface area is 145 Å². The highest BCUT2D eigenvalue weighted by Gasteiger charge is 2.31. The van der Waals surface area contributed by atoms with Crippen LogP contribution in [-0.2, 0) is 13.1 Å². The van der Waals surface area contributed by atoms with Crippen LogP contribution in [0, 0.1) is 11.3 Å². The van der Waals surface area contributed by atoms with Crippen molar-refractivity contribution in [1.82, 2.24) is 19.2 Å². The van der Waals surface area contributed by atoms with E-state index in [1.54, 1.807) is 6.20 Å². The van der Waals surface area contributed by atoms with Crippen molar-refractivity contribution < 1.29 is 4.79 Å². The van der Waals surface area contributed by atoms with Crippen LogP contribution in [-0.4, -0.2) is 37.7 Å². The van der Waals surface area contributed by atoms with Crippen molar-refractivity contribution in [3.63, 3.8) is 0 Å². The number of hydrogen-bond donors (Lipinski definition) is 0. The third-order valence-electron chi connectivity index (χ3n) is 4.86. The van der Waals surface area contributed by atoms with Crippen molar-refractivity contribution >= 4 is 16.8 Å². The van der Waals surface area contributed by atoms with Crippen LogP contribution in [0.1, 0.15) is 23.2 Å². The lowest BCUT2D eigenvalue weighted by molar-refractivity contribution is 0.0723. The zero-order valence-corrected chi connectivity index (χ0v) is 13.9. The number of benzene rings is 1. The van der Waals surface area contributed by atoms with Crippen LogP contribution in [0.5, 0.6) is 0 Å². The van der Waals surface area contributed by atoms with Gasteiger partial charge in [0.1, 0.15) is 6.54 Å². The van der Waals surface area contributed by atoms with E-state index >= 15 is 0 Å². The van der Waals surface area contributed by atoms with Gasteiger partial charge in [0, 0.05) is 36.0 Å². The summed E-state index contributed by atoms with van der Waals surface area (Å²) in [5.74, 6) is 0.0440. The minimum atomic E-state index is 0.0440.